The second-order valence-electron chi connectivity index (χ2n) is 6.73. The van der Waals surface area contributed by atoms with E-state index in [0.717, 1.165) is 49.4 Å². The monoisotopic (exact) mass is 329 g/mol. The summed E-state index contributed by atoms with van der Waals surface area (Å²) in [6.07, 6.45) is 5.65. The molecule has 0 radical (unpaired) electrons. The molecule has 1 aliphatic rings. The van der Waals surface area contributed by atoms with Gasteiger partial charge in [-0.1, -0.05) is 11.6 Å². The van der Waals surface area contributed by atoms with Crippen LogP contribution in [0, 0.1) is 12.8 Å². The van der Waals surface area contributed by atoms with Crippen LogP contribution in [0.4, 0.5) is 0 Å². The van der Waals surface area contributed by atoms with Gasteiger partial charge in [0.15, 0.2) is 0 Å². The molecule has 0 spiro atoms. The van der Waals surface area contributed by atoms with E-state index in [9.17, 15) is 5.11 Å². The molecule has 5 heteroatoms. The van der Waals surface area contributed by atoms with Gasteiger partial charge in [-0.05, 0) is 57.0 Å². The fraction of sp³-hybridized carbons (Fsp3) is 0.526. The highest BCUT2D eigenvalue weighted by Crippen LogP contribution is 2.28. The molecule has 1 aromatic carbocycles. The summed E-state index contributed by atoms with van der Waals surface area (Å²) in [7, 11) is 1.65. The summed E-state index contributed by atoms with van der Waals surface area (Å²) in [4.78, 5) is 2.35. The molecule has 1 unspecified atom stereocenters. The quantitative estimate of drug-likeness (QED) is 0.885. The van der Waals surface area contributed by atoms with Gasteiger partial charge in [-0.3, -0.25) is 4.68 Å². The Bertz CT molecular complexity index is 634. The first-order valence-electron chi connectivity index (χ1n) is 8.68. The highest BCUT2D eigenvalue weighted by Gasteiger charge is 2.23. The third kappa shape index (κ3) is 4.16. The Morgan fingerprint density at radius 3 is 2.79 bits per heavy atom. The Kier molecular flexibility index (Phi) is 5.53. The fourth-order valence-electron chi connectivity index (χ4n) is 3.48. The van der Waals surface area contributed by atoms with Crippen molar-refractivity contribution in [3.63, 3.8) is 0 Å². The van der Waals surface area contributed by atoms with Crippen LogP contribution in [0.5, 0.6) is 5.75 Å². The third-order valence-electron chi connectivity index (χ3n) is 4.89. The van der Waals surface area contributed by atoms with Gasteiger partial charge in [0.05, 0.1) is 13.2 Å². The van der Waals surface area contributed by atoms with Gasteiger partial charge in [-0.15, -0.1) is 0 Å². The SMILES string of the molecule is COc1ccc(C)cc1C(O)CN1CCC(Cn2cccn2)CC1. The number of aliphatic hydroxyl groups is 1. The molecule has 5 nitrogen and oxygen atoms in total. The maximum absolute atomic E-state index is 10.6. The summed E-state index contributed by atoms with van der Waals surface area (Å²) in [5.74, 6) is 1.44. The lowest BCUT2D eigenvalue weighted by molar-refractivity contribution is 0.0844. The molecule has 0 amide bonds. The topological polar surface area (TPSA) is 50.5 Å². The number of hydrogen-bond donors (Lipinski definition) is 1. The van der Waals surface area contributed by atoms with Gasteiger partial charge in [0.1, 0.15) is 5.75 Å². The zero-order chi connectivity index (χ0) is 16.9. The average Bonchev–Trinajstić information content (AvgIpc) is 3.09. The van der Waals surface area contributed by atoms with Crippen LogP contribution in [0.3, 0.4) is 0 Å². The van der Waals surface area contributed by atoms with Crippen molar-refractivity contribution < 1.29 is 9.84 Å². The molecule has 1 aromatic heterocycles. The molecule has 2 heterocycles. The molecule has 24 heavy (non-hydrogen) atoms. The van der Waals surface area contributed by atoms with Crippen LogP contribution in [-0.4, -0.2) is 46.5 Å². The number of benzene rings is 1. The maximum Gasteiger partial charge on any atom is 0.124 e. The largest absolute Gasteiger partial charge is 0.496 e. The summed E-state index contributed by atoms with van der Waals surface area (Å²) < 4.78 is 7.42. The zero-order valence-corrected chi connectivity index (χ0v) is 14.6. The molecule has 1 atom stereocenters. The molecule has 1 N–H and O–H groups in total. The standard InChI is InChI=1S/C19H27N3O2/c1-15-4-5-19(24-2)17(12-15)18(23)14-21-10-6-16(7-11-21)13-22-9-3-8-20-22/h3-5,8-9,12,16,18,23H,6-7,10-11,13-14H2,1-2H3. The molecule has 2 aromatic rings. The Morgan fingerprint density at radius 2 is 2.12 bits per heavy atom. The van der Waals surface area contributed by atoms with E-state index in [4.69, 9.17) is 4.74 Å². The van der Waals surface area contributed by atoms with Crippen LogP contribution < -0.4 is 4.74 Å². The number of β-amino-alcohol motifs (C(OH)–C–C–N with tert-alkyl or cyclic N) is 1. The van der Waals surface area contributed by atoms with E-state index in [0.29, 0.717) is 12.5 Å². The minimum Gasteiger partial charge on any atom is -0.496 e. The smallest absolute Gasteiger partial charge is 0.124 e. The lowest BCUT2D eigenvalue weighted by Gasteiger charge is -2.33. The normalized spacial score (nSPS) is 17.8. The van der Waals surface area contributed by atoms with Crippen molar-refractivity contribution in [2.75, 3.05) is 26.7 Å². The van der Waals surface area contributed by atoms with Crippen molar-refractivity contribution in [2.24, 2.45) is 5.92 Å². The molecule has 0 saturated carbocycles. The molecule has 130 valence electrons. The van der Waals surface area contributed by atoms with E-state index in [1.54, 1.807) is 7.11 Å². The maximum atomic E-state index is 10.6. The van der Waals surface area contributed by atoms with Crippen LogP contribution in [-0.2, 0) is 6.54 Å². The first-order valence-corrected chi connectivity index (χ1v) is 8.68. The number of piperidine rings is 1. The Morgan fingerprint density at radius 1 is 1.33 bits per heavy atom. The molecular weight excluding hydrogens is 302 g/mol. The van der Waals surface area contributed by atoms with Crippen molar-refractivity contribution >= 4 is 0 Å². The van der Waals surface area contributed by atoms with Crippen LogP contribution in [0.25, 0.3) is 0 Å². The lowest BCUT2D eigenvalue weighted by atomic mass is 9.96. The summed E-state index contributed by atoms with van der Waals surface area (Å²) in [5, 5.41) is 14.9. The van der Waals surface area contributed by atoms with Gasteiger partial charge in [0, 0.05) is 31.0 Å². The average molecular weight is 329 g/mol. The molecule has 1 aliphatic heterocycles. The van der Waals surface area contributed by atoms with Crippen molar-refractivity contribution in [3.05, 3.63) is 47.8 Å². The van der Waals surface area contributed by atoms with Crippen molar-refractivity contribution in [3.8, 4) is 5.75 Å². The molecule has 0 bridgehead atoms. The number of likely N-dealkylation sites (tertiary alicyclic amines) is 1. The first-order chi connectivity index (χ1) is 11.7. The van der Waals surface area contributed by atoms with Gasteiger partial charge in [0.25, 0.3) is 0 Å². The van der Waals surface area contributed by atoms with Crippen LogP contribution >= 0.6 is 0 Å². The highest BCUT2D eigenvalue weighted by atomic mass is 16.5. The van der Waals surface area contributed by atoms with E-state index in [1.807, 2.05) is 48.3 Å². The molecule has 3 rings (SSSR count). The second-order valence-corrected chi connectivity index (χ2v) is 6.73. The van der Waals surface area contributed by atoms with Gasteiger partial charge >= 0.3 is 0 Å². The van der Waals surface area contributed by atoms with Crippen molar-refractivity contribution in [2.45, 2.75) is 32.4 Å². The first kappa shape index (κ1) is 17.0. The van der Waals surface area contributed by atoms with Gasteiger partial charge < -0.3 is 14.7 Å². The minimum absolute atomic E-state index is 0.512. The molecule has 1 saturated heterocycles. The predicted octanol–water partition coefficient (Wildman–Crippen LogP) is 2.65. The van der Waals surface area contributed by atoms with Gasteiger partial charge in [-0.2, -0.15) is 5.10 Å². The number of rotatable bonds is 6. The summed E-state index contributed by atoms with van der Waals surface area (Å²) in [5.41, 5.74) is 2.03. The van der Waals surface area contributed by atoms with Gasteiger partial charge in [0.2, 0.25) is 0 Å². The number of aromatic nitrogens is 2. The summed E-state index contributed by atoms with van der Waals surface area (Å²) in [6.45, 7) is 5.74. The number of aryl methyl sites for hydroxylation is 1. The van der Waals surface area contributed by atoms with E-state index in [2.05, 4.69) is 10.00 Å². The summed E-state index contributed by atoms with van der Waals surface area (Å²) >= 11 is 0. The number of ether oxygens (including phenoxy) is 1. The molecule has 1 fully saturated rings. The van der Waals surface area contributed by atoms with Crippen LogP contribution in [0.15, 0.2) is 36.7 Å². The van der Waals surface area contributed by atoms with E-state index in [1.165, 1.54) is 0 Å². The third-order valence-corrected chi connectivity index (χ3v) is 4.89. The van der Waals surface area contributed by atoms with Crippen molar-refractivity contribution in [1.29, 1.82) is 0 Å². The zero-order valence-electron chi connectivity index (χ0n) is 14.6. The predicted molar refractivity (Wildman–Crippen MR) is 94.1 cm³/mol. The summed E-state index contributed by atoms with van der Waals surface area (Å²) in [6, 6.07) is 7.94. The van der Waals surface area contributed by atoms with E-state index < -0.39 is 6.10 Å². The fourth-order valence-corrected chi connectivity index (χ4v) is 3.48. The minimum atomic E-state index is -0.512. The Labute approximate surface area is 143 Å². The molecular formula is C19H27N3O2. The van der Waals surface area contributed by atoms with E-state index in [-0.39, 0.29) is 0 Å². The van der Waals surface area contributed by atoms with Crippen LogP contribution in [0.2, 0.25) is 0 Å². The van der Waals surface area contributed by atoms with Crippen molar-refractivity contribution in [1.82, 2.24) is 14.7 Å². The number of aliphatic hydroxyl groups excluding tert-OH is 1. The molecule has 0 aliphatic carbocycles. The second kappa shape index (κ2) is 7.81. The lowest BCUT2D eigenvalue weighted by Crippen LogP contribution is -2.37. The number of methoxy groups -OCH3 is 1. The van der Waals surface area contributed by atoms with Crippen LogP contribution in [0.1, 0.15) is 30.1 Å². The van der Waals surface area contributed by atoms with Gasteiger partial charge in [-0.25, -0.2) is 0 Å². The highest BCUT2D eigenvalue weighted by molar-refractivity contribution is 5.38. The number of nitrogens with zero attached hydrogens (tertiary/aromatic N) is 3. The Hall–Kier alpha value is -1.85. The van der Waals surface area contributed by atoms with E-state index >= 15 is 0 Å². The number of hydrogen-bond acceptors (Lipinski definition) is 4. The Balaban J connectivity index is 1.53.